The molecule has 1 fully saturated rings. The van der Waals surface area contributed by atoms with Crippen molar-refractivity contribution in [1.29, 1.82) is 0 Å². The molecule has 1 aliphatic rings. The molecule has 1 aromatic heterocycles. The molecule has 1 aliphatic heterocycles. The quantitative estimate of drug-likeness (QED) is 0.636. The summed E-state index contributed by atoms with van der Waals surface area (Å²) in [5, 5.41) is 5.56. The standard InChI is InChI=1S/C24H32N4O3/c1-16-10-12-28(13-11-16)20-6-4-19(5-7-20)27-23(30)9-8-22(29)25-15-21-17(2)14-18(3)26-24(21)31/h4-7,14,16H,8-13,15H2,1-3H3,(H,25,29)(H,26,31)(H,27,30). The number of aromatic nitrogens is 1. The molecule has 2 heterocycles. The first-order chi connectivity index (χ1) is 14.8. The molecule has 0 radical (unpaired) electrons. The third-order valence-electron chi connectivity index (χ3n) is 5.84. The molecule has 2 aromatic rings. The van der Waals surface area contributed by atoms with Crippen LogP contribution in [0.25, 0.3) is 0 Å². The van der Waals surface area contributed by atoms with E-state index in [4.69, 9.17) is 0 Å². The van der Waals surface area contributed by atoms with Crippen molar-refractivity contribution < 1.29 is 9.59 Å². The summed E-state index contributed by atoms with van der Waals surface area (Å²) in [6, 6.07) is 9.72. The minimum atomic E-state index is -0.260. The van der Waals surface area contributed by atoms with Gasteiger partial charge in [-0.3, -0.25) is 14.4 Å². The van der Waals surface area contributed by atoms with E-state index in [1.807, 2.05) is 44.2 Å². The van der Waals surface area contributed by atoms with Crippen molar-refractivity contribution >= 4 is 23.2 Å². The van der Waals surface area contributed by atoms with Crippen LogP contribution in [0.2, 0.25) is 0 Å². The van der Waals surface area contributed by atoms with Crippen molar-refractivity contribution in [3.63, 3.8) is 0 Å². The molecule has 0 spiro atoms. The lowest BCUT2D eigenvalue weighted by atomic mass is 9.99. The van der Waals surface area contributed by atoms with Gasteiger partial charge in [-0.25, -0.2) is 0 Å². The molecule has 0 unspecified atom stereocenters. The fourth-order valence-corrected chi connectivity index (χ4v) is 3.85. The van der Waals surface area contributed by atoms with Gasteiger partial charge in [0, 0.05) is 55.1 Å². The lowest BCUT2D eigenvalue weighted by molar-refractivity contribution is -0.124. The molecule has 31 heavy (non-hydrogen) atoms. The highest BCUT2D eigenvalue weighted by atomic mass is 16.2. The van der Waals surface area contributed by atoms with Crippen molar-refractivity contribution in [2.24, 2.45) is 5.92 Å². The lowest BCUT2D eigenvalue weighted by Crippen LogP contribution is -2.32. The number of pyridine rings is 1. The summed E-state index contributed by atoms with van der Waals surface area (Å²) in [4.78, 5) is 41.4. The van der Waals surface area contributed by atoms with Crippen molar-refractivity contribution in [3.05, 3.63) is 57.5 Å². The molecule has 166 valence electrons. The number of H-pyrrole nitrogens is 1. The monoisotopic (exact) mass is 424 g/mol. The Kier molecular flexibility index (Phi) is 7.50. The number of anilines is 2. The first kappa shape index (κ1) is 22.6. The highest BCUT2D eigenvalue weighted by molar-refractivity contribution is 5.93. The van der Waals surface area contributed by atoms with E-state index in [1.165, 1.54) is 18.5 Å². The van der Waals surface area contributed by atoms with Crippen LogP contribution in [0.3, 0.4) is 0 Å². The normalized spacial score (nSPS) is 14.4. The molecule has 3 rings (SSSR count). The van der Waals surface area contributed by atoms with E-state index in [9.17, 15) is 14.4 Å². The van der Waals surface area contributed by atoms with Crippen LogP contribution in [0.15, 0.2) is 35.1 Å². The van der Waals surface area contributed by atoms with Crippen LogP contribution in [0.4, 0.5) is 11.4 Å². The fourth-order valence-electron chi connectivity index (χ4n) is 3.85. The maximum Gasteiger partial charge on any atom is 0.253 e. The summed E-state index contributed by atoms with van der Waals surface area (Å²) < 4.78 is 0. The Morgan fingerprint density at radius 2 is 1.71 bits per heavy atom. The van der Waals surface area contributed by atoms with E-state index in [0.29, 0.717) is 5.56 Å². The summed E-state index contributed by atoms with van der Waals surface area (Å²) in [7, 11) is 0. The Bertz CT molecular complexity index is 973. The Balaban J connectivity index is 1.42. The van der Waals surface area contributed by atoms with Crippen molar-refractivity contribution in [1.82, 2.24) is 10.3 Å². The number of carbonyl (C=O) groups excluding carboxylic acids is 2. The van der Waals surface area contributed by atoms with Crippen molar-refractivity contribution in [2.75, 3.05) is 23.3 Å². The Morgan fingerprint density at radius 1 is 1.06 bits per heavy atom. The van der Waals surface area contributed by atoms with Crippen LogP contribution in [0.1, 0.15) is 49.4 Å². The first-order valence-corrected chi connectivity index (χ1v) is 10.9. The number of carbonyl (C=O) groups is 2. The van der Waals surface area contributed by atoms with Crippen LogP contribution in [0.5, 0.6) is 0 Å². The van der Waals surface area contributed by atoms with E-state index in [1.54, 1.807) is 0 Å². The van der Waals surface area contributed by atoms with Gasteiger partial charge in [-0.1, -0.05) is 6.92 Å². The second-order valence-electron chi connectivity index (χ2n) is 8.48. The number of aryl methyl sites for hydroxylation is 2. The number of amides is 2. The Hall–Kier alpha value is -3.09. The number of piperidine rings is 1. The maximum absolute atomic E-state index is 12.2. The second kappa shape index (κ2) is 10.3. The van der Waals surface area contributed by atoms with E-state index in [2.05, 4.69) is 27.4 Å². The van der Waals surface area contributed by atoms with Crippen LogP contribution >= 0.6 is 0 Å². The number of hydrogen-bond donors (Lipinski definition) is 3. The molecular formula is C24H32N4O3. The van der Waals surface area contributed by atoms with Gasteiger partial charge < -0.3 is 20.5 Å². The first-order valence-electron chi connectivity index (χ1n) is 10.9. The molecule has 7 nitrogen and oxygen atoms in total. The van der Waals surface area contributed by atoms with Gasteiger partial charge in [0.25, 0.3) is 5.56 Å². The molecule has 0 aliphatic carbocycles. The van der Waals surface area contributed by atoms with Gasteiger partial charge in [0.05, 0.1) is 0 Å². The maximum atomic E-state index is 12.2. The highest BCUT2D eigenvalue weighted by Crippen LogP contribution is 2.24. The number of hydrogen-bond acceptors (Lipinski definition) is 4. The molecule has 0 bridgehead atoms. The van der Waals surface area contributed by atoms with Crippen molar-refractivity contribution in [3.8, 4) is 0 Å². The molecule has 1 aromatic carbocycles. The third kappa shape index (κ3) is 6.44. The minimum absolute atomic E-state index is 0.0681. The molecule has 0 atom stereocenters. The zero-order chi connectivity index (χ0) is 22.4. The number of rotatable bonds is 7. The minimum Gasteiger partial charge on any atom is -0.372 e. The number of nitrogens with zero attached hydrogens (tertiary/aromatic N) is 1. The molecule has 3 N–H and O–H groups in total. The summed E-state index contributed by atoms with van der Waals surface area (Å²) >= 11 is 0. The topological polar surface area (TPSA) is 94.3 Å². The zero-order valence-electron chi connectivity index (χ0n) is 18.6. The number of nitrogens with one attached hydrogen (secondary N) is 3. The number of benzene rings is 1. The van der Waals surface area contributed by atoms with E-state index in [0.717, 1.165) is 36.0 Å². The van der Waals surface area contributed by atoms with Gasteiger partial charge in [0.15, 0.2) is 0 Å². The predicted octanol–water partition coefficient (Wildman–Crippen LogP) is 3.26. The summed E-state index contributed by atoms with van der Waals surface area (Å²) in [6.45, 7) is 8.23. The van der Waals surface area contributed by atoms with Crippen LogP contribution in [0, 0.1) is 19.8 Å². The zero-order valence-corrected chi connectivity index (χ0v) is 18.6. The average molecular weight is 425 g/mol. The lowest BCUT2D eigenvalue weighted by Gasteiger charge is -2.32. The summed E-state index contributed by atoms with van der Waals surface area (Å²) in [6.07, 6.45) is 2.57. The second-order valence-corrected chi connectivity index (χ2v) is 8.48. The molecular weight excluding hydrogens is 392 g/mol. The van der Waals surface area contributed by atoms with Gasteiger partial charge in [-0.2, -0.15) is 0 Å². The molecule has 2 amide bonds. The predicted molar refractivity (Wildman–Crippen MR) is 123 cm³/mol. The van der Waals surface area contributed by atoms with Crippen molar-refractivity contribution in [2.45, 2.75) is 53.0 Å². The number of aromatic amines is 1. The van der Waals surface area contributed by atoms with Crippen LogP contribution in [-0.2, 0) is 16.1 Å². The van der Waals surface area contributed by atoms with Gasteiger partial charge in [-0.05, 0) is 68.5 Å². The van der Waals surface area contributed by atoms with Crippen LogP contribution in [-0.4, -0.2) is 29.9 Å². The molecule has 7 heteroatoms. The molecule has 1 saturated heterocycles. The smallest absolute Gasteiger partial charge is 0.253 e. The van der Waals surface area contributed by atoms with E-state index < -0.39 is 0 Å². The SMILES string of the molecule is Cc1cc(C)c(CNC(=O)CCC(=O)Nc2ccc(N3CCC(C)CC3)cc2)c(=O)[nH]1. The largest absolute Gasteiger partial charge is 0.372 e. The highest BCUT2D eigenvalue weighted by Gasteiger charge is 2.16. The van der Waals surface area contributed by atoms with Gasteiger partial charge in [0.2, 0.25) is 11.8 Å². The third-order valence-corrected chi connectivity index (χ3v) is 5.84. The Morgan fingerprint density at radius 3 is 2.35 bits per heavy atom. The molecule has 0 saturated carbocycles. The van der Waals surface area contributed by atoms with E-state index >= 15 is 0 Å². The van der Waals surface area contributed by atoms with Gasteiger partial charge >= 0.3 is 0 Å². The van der Waals surface area contributed by atoms with E-state index in [-0.39, 0.29) is 36.8 Å². The van der Waals surface area contributed by atoms with Gasteiger partial charge in [-0.15, -0.1) is 0 Å². The fraction of sp³-hybridized carbons (Fsp3) is 0.458. The van der Waals surface area contributed by atoms with Gasteiger partial charge in [0.1, 0.15) is 0 Å². The van der Waals surface area contributed by atoms with Crippen LogP contribution < -0.4 is 21.1 Å². The average Bonchev–Trinajstić information content (AvgIpc) is 2.73. The summed E-state index contributed by atoms with van der Waals surface area (Å²) in [5.74, 6) is 0.317. The Labute approximate surface area is 183 Å². The summed E-state index contributed by atoms with van der Waals surface area (Å²) in [5.41, 5.74) is 3.85.